The van der Waals surface area contributed by atoms with Gasteiger partial charge in [0.2, 0.25) is 5.91 Å². The Kier molecular flexibility index (Phi) is 6.59. The van der Waals surface area contributed by atoms with E-state index in [1.807, 2.05) is 47.4 Å². The van der Waals surface area contributed by atoms with Crippen molar-refractivity contribution in [2.45, 2.75) is 6.54 Å². The highest BCUT2D eigenvalue weighted by molar-refractivity contribution is 5.90. The number of hydrogen-bond donors (Lipinski definition) is 3. The molecule has 130 valence electrons. The first kappa shape index (κ1) is 18.1. The summed E-state index contributed by atoms with van der Waals surface area (Å²) < 4.78 is 0. The molecule has 0 aliphatic carbocycles. The van der Waals surface area contributed by atoms with E-state index >= 15 is 0 Å². The zero-order chi connectivity index (χ0) is 18.1. The molecule has 0 aliphatic heterocycles. The summed E-state index contributed by atoms with van der Waals surface area (Å²) in [5.74, 6) is -0.419. The van der Waals surface area contributed by atoms with Crippen molar-refractivity contribution in [2.75, 3.05) is 23.3 Å². The molecule has 0 aromatic heterocycles. The van der Waals surface area contributed by atoms with Gasteiger partial charge in [-0.15, -0.1) is 6.58 Å². The normalized spacial score (nSPS) is 9.92. The van der Waals surface area contributed by atoms with Gasteiger partial charge in [0.1, 0.15) is 0 Å². The molecule has 6 nitrogen and oxygen atoms in total. The lowest BCUT2D eigenvalue weighted by molar-refractivity contribution is -0.116. The smallest absolute Gasteiger partial charge is 0.319 e. The number of primary amides is 1. The van der Waals surface area contributed by atoms with E-state index in [-0.39, 0.29) is 12.6 Å². The number of urea groups is 1. The van der Waals surface area contributed by atoms with Crippen molar-refractivity contribution in [2.24, 2.45) is 5.73 Å². The van der Waals surface area contributed by atoms with Crippen molar-refractivity contribution < 1.29 is 9.59 Å². The monoisotopic (exact) mass is 338 g/mol. The van der Waals surface area contributed by atoms with E-state index in [4.69, 9.17) is 5.73 Å². The molecule has 0 saturated carbocycles. The second-order valence-corrected chi connectivity index (χ2v) is 5.48. The molecule has 0 spiro atoms. The van der Waals surface area contributed by atoms with Gasteiger partial charge in [-0.05, 0) is 23.8 Å². The van der Waals surface area contributed by atoms with Crippen molar-refractivity contribution in [3.05, 3.63) is 72.8 Å². The van der Waals surface area contributed by atoms with Gasteiger partial charge in [-0.3, -0.25) is 4.79 Å². The molecule has 0 saturated heterocycles. The van der Waals surface area contributed by atoms with Crippen LogP contribution in [0, 0.1) is 0 Å². The number of rotatable bonds is 8. The van der Waals surface area contributed by atoms with Crippen LogP contribution in [-0.4, -0.2) is 25.0 Å². The van der Waals surface area contributed by atoms with E-state index in [1.54, 1.807) is 18.2 Å². The molecule has 0 aliphatic rings. The minimum absolute atomic E-state index is 0.0843. The first-order chi connectivity index (χ1) is 12.1. The summed E-state index contributed by atoms with van der Waals surface area (Å²) in [4.78, 5) is 25.1. The largest absolute Gasteiger partial charge is 0.368 e. The SMILES string of the molecule is C=CCNC(=O)Nc1cccc(N(CC(N)=O)Cc2ccccc2)c1. The van der Waals surface area contributed by atoms with Gasteiger partial charge in [-0.25, -0.2) is 4.79 Å². The quantitative estimate of drug-likeness (QED) is 0.646. The van der Waals surface area contributed by atoms with Crippen LogP contribution < -0.4 is 21.3 Å². The molecule has 0 bridgehead atoms. The van der Waals surface area contributed by atoms with E-state index in [9.17, 15) is 9.59 Å². The molecule has 0 radical (unpaired) electrons. The third-order valence-corrected chi connectivity index (χ3v) is 3.44. The molecule has 2 aromatic carbocycles. The van der Waals surface area contributed by atoms with Gasteiger partial charge in [0.15, 0.2) is 0 Å². The van der Waals surface area contributed by atoms with Gasteiger partial charge < -0.3 is 21.3 Å². The highest BCUT2D eigenvalue weighted by atomic mass is 16.2. The van der Waals surface area contributed by atoms with Crippen molar-refractivity contribution >= 4 is 23.3 Å². The number of amides is 3. The summed E-state index contributed by atoms with van der Waals surface area (Å²) in [6.45, 7) is 4.56. The Morgan fingerprint density at radius 2 is 1.88 bits per heavy atom. The van der Waals surface area contributed by atoms with E-state index in [0.29, 0.717) is 18.8 Å². The van der Waals surface area contributed by atoms with Crippen LogP contribution in [0.5, 0.6) is 0 Å². The first-order valence-electron chi connectivity index (χ1n) is 7.91. The third-order valence-electron chi connectivity index (χ3n) is 3.44. The van der Waals surface area contributed by atoms with Crippen molar-refractivity contribution in [3.63, 3.8) is 0 Å². The van der Waals surface area contributed by atoms with Gasteiger partial charge >= 0.3 is 6.03 Å². The maximum Gasteiger partial charge on any atom is 0.319 e. The molecule has 6 heteroatoms. The molecule has 0 fully saturated rings. The zero-order valence-corrected chi connectivity index (χ0v) is 13.9. The summed E-state index contributed by atoms with van der Waals surface area (Å²) in [6, 6.07) is 16.8. The Bertz CT molecular complexity index is 731. The molecule has 4 N–H and O–H groups in total. The third kappa shape index (κ3) is 6.02. The van der Waals surface area contributed by atoms with Gasteiger partial charge in [0.05, 0.1) is 6.54 Å². The van der Waals surface area contributed by atoms with Crippen LogP contribution in [0.1, 0.15) is 5.56 Å². The molecule has 2 aromatic rings. The number of hydrogen-bond acceptors (Lipinski definition) is 3. The summed E-state index contributed by atoms with van der Waals surface area (Å²) in [6.07, 6.45) is 1.60. The van der Waals surface area contributed by atoms with E-state index in [0.717, 1.165) is 11.3 Å². The second-order valence-electron chi connectivity index (χ2n) is 5.48. The highest BCUT2D eigenvalue weighted by Crippen LogP contribution is 2.21. The summed E-state index contributed by atoms with van der Waals surface area (Å²) >= 11 is 0. The molecule has 25 heavy (non-hydrogen) atoms. The van der Waals surface area contributed by atoms with Crippen molar-refractivity contribution in [3.8, 4) is 0 Å². The Morgan fingerprint density at radius 1 is 1.12 bits per heavy atom. The lowest BCUT2D eigenvalue weighted by atomic mass is 10.2. The lowest BCUT2D eigenvalue weighted by Gasteiger charge is -2.24. The van der Waals surface area contributed by atoms with Crippen LogP contribution in [0.25, 0.3) is 0 Å². The van der Waals surface area contributed by atoms with E-state index < -0.39 is 5.91 Å². The van der Waals surface area contributed by atoms with Crippen molar-refractivity contribution in [1.82, 2.24) is 5.32 Å². The first-order valence-corrected chi connectivity index (χ1v) is 7.91. The van der Waals surface area contributed by atoms with Crippen LogP contribution in [0.15, 0.2) is 67.3 Å². The predicted octanol–water partition coefficient (Wildman–Crippen LogP) is 2.49. The summed E-state index contributed by atoms with van der Waals surface area (Å²) in [5, 5.41) is 5.39. The Hall–Kier alpha value is -3.28. The fraction of sp³-hybridized carbons (Fsp3) is 0.158. The number of nitrogens with zero attached hydrogens (tertiary/aromatic N) is 1. The Labute approximate surface area is 147 Å². The summed E-state index contributed by atoms with van der Waals surface area (Å²) in [7, 11) is 0. The predicted molar refractivity (Wildman–Crippen MR) is 100 cm³/mol. The molecule has 2 rings (SSSR count). The zero-order valence-electron chi connectivity index (χ0n) is 13.9. The van der Waals surface area contributed by atoms with E-state index in [2.05, 4.69) is 17.2 Å². The van der Waals surface area contributed by atoms with Gasteiger partial charge in [-0.1, -0.05) is 42.5 Å². The van der Waals surface area contributed by atoms with Crippen LogP contribution in [0.3, 0.4) is 0 Å². The second kappa shape index (κ2) is 9.12. The van der Waals surface area contributed by atoms with Crippen LogP contribution in [-0.2, 0) is 11.3 Å². The van der Waals surface area contributed by atoms with Crippen LogP contribution >= 0.6 is 0 Å². The van der Waals surface area contributed by atoms with Gasteiger partial charge in [-0.2, -0.15) is 0 Å². The molecule has 3 amide bonds. The van der Waals surface area contributed by atoms with Gasteiger partial charge in [0, 0.05) is 24.5 Å². The van der Waals surface area contributed by atoms with Gasteiger partial charge in [0.25, 0.3) is 0 Å². The minimum Gasteiger partial charge on any atom is -0.368 e. The molecule has 0 unspecified atom stereocenters. The highest BCUT2D eigenvalue weighted by Gasteiger charge is 2.11. The fourth-order valence-electron chi connectivity index (χ4n) is 2.35. The number of benzene rings is 2. The number of carbonyl (C=O) groups excluding carboxylic acids is 2. The van der Waals surface area contributed by atoms with E-state index in [1.165, 1.54) is 0 Å². The Morgan fingerprint density at radius 3 is 2.56 bits per heavy atom. The Balaban J connectivity index is 2.16. The average Bonchev–Trinajstić information content (AvgIpc) is 2.60. The molecular weight excluding hydrogens is 316 g/mol. The van der Waals surface area contributed by atoms with Crippen molar-refractivity contribution in [1.29, 1.82) is 0 Å². The number of nitrogens with one attached hydrogen (secondary N) is 2. The number of carbonyl (C=O) groups is 2. The molecular formula is C19H22N4O2. The molecule has 0 heterocycles. The number of nitrogens with two attached hydrogens (primary N) is 1. The standard InChI is InChI=1S/C19H22N4O2/c1-2-11-21-19(25)22-16-9-6-10-17(12-16)23(14-18(20)24)13-15-7-4-3-5-8-15/h2-10,12H,1,11,13-14H2,(H2,20,24)(H2,21,22,25). The van der Waals surface area contributed by atoms with Crippen LogP contribution in [0.2, 0.25) is 0 Å². The fourth-order valence-corrected chi connectivity index (χ4v) is 2.35. The minimum atomic E-state index is -0.419. The maximum absolute atomic E-state index is 11.8. The lowest BCUT2D eigenvalue weighted by Crippen LogP contribution is -2.33. The summed E-state index contributed by atoms with van der Waals surface area (Å²) in [5.41, 5.74) is 7.87. The molecule has 0 atom stereocenters. The topological polar surface area (TPSA) is 87.5 Å². The maximum atomic E-state index is 11.8. The van der Waals surface area contributed by atoms with Crippen LogP contribution in [0.4, 0.5) is 16.2 Å². The average molecular weight is 338 g/mol. The number of anilines is 2.